The normalized spacial score (nSPS) is 11.4. The number of benzene rings is 2. The molecular formula is C19H20N4O5S. The summed E-state index contributed by atoms with van der Waals surface area (Å²) in [6, 6.07) is 13.3. The fourth-order valence-corrected chi connectivity index (χ4v) is 3.97. The first-order valence-electron chi connectivity index (χ1n) is 8.61. The van der Waals surface area contributed by atoms with Gasteiger partial charge in [-0.2, -0.15) is 4.31 Å². The van der Waals surface area contributed by atoms with Crippen molar-refractivity contribution in [2.75, 3.05) is 19.5 Å². The molecule has 1 amide bonds. The van der Waals surface area contributed by atoms with Crippen LogP contribution in [0.25, 0.3) is 0 Å². The number of carbonyl (C=O) groups excluding carboxylic acids is 1. The van der Waals surface area contributed by atoms with Gasteiger partial charge >= 0.3 is 6.01 Å². The number of amides is 1. The molecule has 0 unspecified atom stereocenters. The van der Waals surface area contributed by atoms with E-state index in [1.54, 1.807) is 6.92 Å². The highest BCUT2D eigenvalue weighted by atomic mass is 32.2. The van der Waals surface area contributed by atoms with Gasteiger partial charge in [-0.25, -0.2) is 8.42 Å². The average molecular weight is 416 g/mol. The molecule has 0 atom stereocenters. The summed E-state index contributed by atoms with van der Waals surface area (Å²) >= 11 is 0. The molecule has 0 saturated heterocycles. The molecular weight excluding hydrogens is 396 g/mol. The number of hydrogen-bond donors (Lipinski definition) is 1. The van der Waals surface area contributed by atoms with Crippen molar-refractivity contribution in [2.45, 2.75) is 18.4 Å². The second-order valence-electron chi connectivity index (χ2n) is 6.19. The zero-order valence-electron chi connectivity index (χ0n) is 16.1. The van der Waals surface area contributed by atoms with Crippen molar-refractivity contribution >= 4 is 21.9 Å². The minimum Gasteiger partial charge on any atom is -0.495 e. The summed E-state index contributed by atoms with van der Waals surface area (Å²) in [5.74, 6) is -0.158. The van der Waals surface area contributed by atoms with Crippen LogP contribution in [0.5, 0.6) is 5.75 Å². The van der Waals surface area contributed by atoms with Crippen molar-refractivity contribution in [3.05, 3.63) is 65.5 Å². The minimum atomic E-state index is -3.93. The maximum Gasteiger partial charge on any atom is 0.322 e. The molecule has 0 fully saturated rings. The van der Waals surface area contributed by atoms with Crippen LogP contribution < -0.4 is 10.1 Å². The van der Waals surface area contributed by atoms with Crippen molar-refractivity contribution in [3.8, 4) is 5.75 Å². The number of carbonyl (C=O) groups is 1. The largest absolute Gasteiger partial charge is 0.495 e. The van der Waals surface area contributed by atoms with E-state index in [-0.39, 0.29) is 28.8 Å². The molecule has 29 heavy (non-hydrogen) atoms. The molecule has 0 spiro atoms. The predicted octanol–water partition coefficient (Wildman–Crippen LogP) is 2.46. The van der Waals surface area contributed by atoms with Crippen molar-refractivity contribution in [1.29, 1.82) is 0 Å². The van der Waals surface area contributed by atoms with E-state index in [1.165, 1.54) is 36.7 Å². The Labute approximate surface area is 168 Å². The quantitative estimate of drug-likeness (QED) is 0.629. The van der Waals surface area contributed by atoms with Gasteiger partial charge < -0.3 is 9.15 Å². The van der Waals surface area contributed by atoms with Crippen LogP contribution in [-0.4, -0.2) is 43.0 Å². The smallest absolute Gasteiger partial charge is 0.322 e. The van der Waals surface area contributed by atoms with Crippen molar-refractivity contribution in [1.82, 2.24) is 14.5 Å². The van der Waals surface area contributed by atoms with Gasteiger partial charge in [0.2, 0.25) is 15.9 Å². The highest BCUT2D eigenvalue weighted by Gasteiger charge is 2.26. The van der Waals surface area contributed by atoms with Gasteiger partial charge in [-0.1, -0.05) is 35.4 Å². The Kier molecular flexibility index (Phi) is 5.95. The Morgan fingerprint density at radius 2 is 1.90 bits per heavy atom. The van der Waals surface area contributed by atoms with Gasteiger partial charge in [0.25, 0.3) is 5.91 Å². The van der Waals surface area contributed by atoms with E-state index in [2.05, 4.69) is 15.5 Å². The van der Waals surface area contributed by atoms with Crippen LogP contribution >= 0.6 is 0 Å². The molecule has 1 heterocycles. The Hall–Kier alpha value is -3.24. The van der Waals surface area contributed by atoms with Crippen LogP contribution in [0.3, 0.4) is 0 Å². The number of methoxy groups -OCH3 is 1. The van der Waals surface area contributed by atoms with Crippen LogP contribution in [0.4, 0.5) is 6.01 Å². The first kappa shape index (κ1) is 20.5. The van der Waals surface area contributed by atoms with Crippen LogP contribution in [0.2, 0.25) is 0 Å². The zero-order chi connectivity index (χ0) is 21.0. The van der Waals surface area contributed by atoms with Gasteiger partial charge in [0, 0.05) is 26.1 Å². The first-order valence-corrected chi connectivity index (χ1v) is 10.0. The van der Waals surface area contributed by atoms with Crippen molar-refractivity contribution in [3.63, 3.8) is 0 Å². The van der Waals surface area contributed by atoms with E-state index >= 15 is 0 Å². The summed E-state index contributed by atoms with van der Waals surface area (Å²) in [4.78, 5) is 12.4. The Morgan fingerprint density at radius 3 is 2.52 bits per heavy atom. The molecule has 1 N–H and O–H groups in total. The number of hydrogen-bond acceptors (Lipinski definition) is 7. The van der Waals surface area contributed by atoms with Gasteiger partial charge in [0.15, 0.2) is 0 Å². The summed E-state index contributed by atoms with van der Waals surface area (Å²) in [6.07, 6.45) is 0. The molecule has 0 aliphatic heterocycles. The standard InChI is InChI=1S/C19H20N4O5S/c1-13-21-22-19(28-13)20-18(24)15-9-10-16(27-3)17(11-15)29(25,26)23(2)12-14-7-5-4-6-8-14/h4-11H,12H2,1-3H3,(H,20,22,24). The number of nitrogens with zero attached hydrogens (tertiary/aromatic N) is 3. The van der Waals surface area contributed by atoms with E-state index in [9.17, 15) is 13.2 Å². The molecule has 1 aromatic heterocycles. The molecule has 10 heteroatoms. The summed E-state index contributed by atoms with van der Waals surface area (Å²) < 4.78 is 37.8. The first-order chi connectivity index (χ1) is 13.8. The lowest BCUT2D eigenvalue weighted by molar-refractivity contribution is 0.102. The van der Waals surface area contributed by atoms with E-state index in [0.717, 1.165) is 5.56 Å². The third kappa shape index (κ3) is 4.61. The third-order valence-electron chi connectivity index (χ3n) is 4.11. The Bertz CT molecular complexity index is 1110. The Morgan fingerprint density at radius 1 is 1.17 bits per heavy atom. The lowest BCUT2D eigenvalue weighted by Gasteiger charge is -2.19. The fraction of sp³-hybridized carbons (Fsp3) is 0.211. The summed E-state index contributed by atoms with van der Waals surface area (Å²) in [5.41, 5.74) is 0.937. The third-order valence-corrected chi connectivity index (χ3v) is 5.93. The SMILES string of the molecule is COc1ccc(C(=O)Nc2nnc(C)o2)cc1S(=O)(=O)N(C)Cc1ccccc1. The minimum absolute atomic E-state index is 0.0751. The topological polar surface area (TPSA) is 115 Å². The second-order valence-corrected chi connectivity index (χ2v) is 8.21. The lowest BCUT2D eigenvalue weighted by Crippen LogP contribution is -2.27. The molecule has 9 nitrogen and oxygen atoms in total. The number of nitrogens with one attached hydrogen (secondary N) is 1. The summed E-state index contributed by atoms with van der Waals surface area (Å²) in [6.45, 7) is 1.76. The molecule has 0 aliphatic rings. The molecule has 152 valence electrons. The van der Waals surface area contributed by atoms with Crippen LogP contribution in [-0.2, 0) is 16.6 Å². The number of ether oxygens (including phenoxy) is 1. The highest BCUT2D eigenvalue weighted by molar-refractivity contribution is 7.89. The molecule has 0 saturated carbocycles. The van der Waals surface area contributed by atoms with Crippen molar-refractivity contribution in [2.24, 2.45) is 0 Å². The summed E-state index contributed by atoms with van der Waals surface area (Å²) in [5, 5.41) is 9.75. The van der Waals surface area contributed by atoms with Gasteiger partial charge in [-0.3, -0.25) is 10.1 Å². The molecule has 0 bridgehead atoms. The van der Waals surface area contributed by atoms with Gasteiger partial charge in [-0.05, 0) is 23.8 Å². The van der Waals surface area contributed by atoms with E-state index in [1.807, 2.05) is 30.3 Å². The monoisotopic (exact) mass is 416 g/mol. The van der Waals surface area contributed by atoms with Crippen molar-refractivity contribution < 1.29 is 22.4 Å². The van der Waals surface area contributed by atoms with Gasteiger partial charge in [0.1, 0.15) is 10.6 Å². The number of aromatic nitrogens is 2. The van der Waals surface area contributed by atoms with Gasteiger partial charge in [-0.15, -0.1) is 5.10 Å². The molecule has 3 aromatic rings. The number of aryl methyl sites for hydroxylation is 1. The van der Waals surface area contributed by atoms with E-state index in [0.29, 0.717) is 5.89 Å². The lowest BCUT2D eigenvalue weighted by atomic mass is 10.2. The maximum absolute atomic E-state index is 13.1. The van der Waals surface area contributed by atoms with Gasteiger partial charge in [0.05, 0.1) is 7.11 Å². The highest BCUT2D eigenvalue weighted by Crippen LogP contribution is 2.28. The zero-order valence-corrected chi connectivity index (χ0v) is 16.9. The van der Waals surface area contributed by atoms with E-state index in [4.69, 9.17) is 9.15 Å². The molecule has 0 radical (unpaired) electrons. The molecule has 3 rings (SSSR count). The average Bonchev–Trinajstić information content (AvgIpc) is 3.12. The number of anilines is 1. The Balaban J connectivity index is 1.90. The number of rotatable bonds is 7. The van der Waals surface area contributed by atoms with Crippen LogP contribution in [0.15, 0.2) is 57.8 Å². The number of sulfonamides is 1. The predicted molar refractivity (Wildman–Crippen MR) is 105 cm³/mol. The maximum atomic E-state index is 13.1. The fourth-order valence-electron chi connectivity index (χ4n) is 2.63. The molecule has 2 aromatic carbocycles. The van der Waals surface area contributed by atoms with Crippen LogP contribution in [0.1, 0.15) is 21.8 Å². The summed E-state index contributed by atoms with van der Waals surface area (Å²) in [7, 11) is -1.09. The van der Waals surface area contributed by atoms with Crippen LogP contribution in [0, 0.1) is 6.92 Å². The molecule has 0 aliphatic carbocycles. The second kappa shape index (κ2) is 8.41. The van der Waals surface area contributed by atoms with E-state index < -0.39 is 15.9 Å².